The largest absolute Gasteiger partial charge is 0.229 e. The molecule has 1 aliphatic heterocycles. The number of rotatable bonds is 5. The van der Waals surface area contributed by atoms with Crippen molar-refractivity contribution in [2.45, 2.75) is 32.2 Å². The molecule has 1 atom stereocenters. The second-order valence-electron chi connectivity index (χ2n) is 5.98. The van der Waals surface area contributed by atoms with E-state index in [0.717, 1.165) is 36.6 Å². The lowest BCUT2D eigenvalue weighted by molar-refractivity contribution is 0.256. The lowest BCUT2D eigenvalue weighted by Crippen LogP contribution is -2.40. The van der Waals surface area contributed by atoms with Crippen LogP contribution in [0, 0.1) is 6.92 Å². The predicted octanol–water partition coefficient (Wildman–Crippen LogP) is 1.90. The molecule has 0 aliphatic carbocycles. The van der Waals surface area contributed by atoms with Crippen LogP contribution in [0.25, 0.3) is 0 Å². The Morgan fingerprint density at radius 2 is 1.68 bits per heavy atom. The lowest BCUT2D eigenvalue weighted by atomic mass is 9.97. The zero-order valence-corrected chi connectivity index (χ0v) is 14.7. The molecule has 22 heavy (non-hydrogen) atoms. The fourth-order valence-electron chi connectivity index (χ4n) is 2.73. The van der Waals surface area contributed by atoms with Crippen LogP contribution in [0.15, 0.2) is 24.3 Å². The van der Waals surface area contributed by atoms with E-state index in [1.165, 1.54) is 4.31 Å². The Morgan fingerprint density at radius 3 is 2.27 bits per heavy atom. The lowest BCUT2D eigenvalue weighted by Gasteiger charge is -2.35. The zero-order valence-electron chi connectivity index (χ0n) is 13.0. The van der Waals surface area contributed by atoms with Crippen LogP contribution in [-0.4, -0.2) is 45.4 Å². The van der Waals surface area contributed by atoms with Gasteiger partial charge in [-0.05, 0) is 25.3 Å². The van der Waals surface area contributed by atoms with Gasteiger partial charge in [0.15, 0.2) is 0 Å². The van der Waals surface area contributed by atoms with Gasteiger partial charge in [-0.15, -0.1) is 0 Å². The van der Waals surface area contributed by atoms with Gasteiger partial charge >= 0.3 is 0 Å². The van der Waals surface area contributed by atoms with Crippen molar-refractivity contribution in [2.75, 3.05) is 24.3 Å². The number of aryl methyl sites for hydroxylation is 1. The highest BCUT2D eigenvalue weighted by molar-refractivity contribution is 7.93. The third kappa shape index (κ3) is 4.54. The highest BCUT2D eigenvalue weighted by Crippen LogP contribution is 2.33. The van der Waals surface area contributed by atoms with Crippen LogP contribution in [0.1, 0.15) is 36.4 Å². The van der Waals surface area contributed by atoms with E-state index in [1.54, 1.807) is 0 Å². The van der Waals surface area contributed by atoms with E-state index in [2.05, 4.69) is 0 Å². The Kier molecular flexibility index (Phi) is 5.29. The molecule has 0 N–H and O–H groups in total. The Morgan fingerprint density at radius 1 is 1.05 bits per heavy atom. The smallest absolute Gasteiger partial charge is 0.215 e. The van der Waals surface area contributed by atoms with Gasteiger partial charge in [-0.1, -0.05) is 36.2 Å². The van der Waals surface area contributed by atoms with Gasteiger partial charge in [-0.3, -0.25) is 0 Å². The zero-order chi connectivity index (χ0) is 16.4. The monoisotopic (exact) mass is 345 g/mol. The number of benzene rings is 1. The van der Waals surface area contributed by atoms with Crippen molar-refractivity contribution in [3.05, 3.63) is 35.4 Å². The third-order valence-corrected chi connectivity index (χ3v) is 7.06. The molecule has 0 spiro atoms. The molecule has 1 aromatic rings. The summed E-state index contributed by atoms with van der Waals surface area (Å²) >= 11 is 0. The average molecular weight is 345 g/mol. The van der Waals surface area contributed by atoms with E-state index < -0.39 is 19.9 Å². The Balaban J connectivity index is 2.24. The molecule has 5 nitrogen and oxygen atoms in total. The van der Waals surface area contributed by atoms with Gasteiger partial charge < -0.3 is 0 Å². The second kappa shape index (κ2) is 6.68. The maximum Gasteiger partial charge on any atom is 0.215 e. The van der Waals surface area contributed by atoms with Gasteiger partial charge in [0.25, 0.3) is 0 Å². The Labute approximate surface area is 133 Å². The van der Waals surface area contributed by atoms with Crippen LogP contribution in [0.5, 0.6) is 0 Å². The van der Waals surface area contributed by atoms with E-state index in [9.17, 15) is 16.8 Å². The van der Waals surface area contributed by atoms with Crippen LogP contribution < -0.4 is 0 Å². The molecule has 0 saturated carbocycles. The van der Waals surface area contributed by atoms with E-state index in [1.807, 2.05) is 31.2 Å². The minimum absolute atomic E-state index is 0.182. The van der Waals surface area contributed by atoms with Gasteiger partial charge in [-0.25, -0.2) is 16.8 Å². The maximum absolute atomic E-state index is 12.5. The van der Waals surface area contributed by atoms with Crippen LogP contribution in [-0.2, 0) is 19.9 Å². The van der Waals surface area contributed by atoms with Crippen molar-refractivity contribution in [3.63, 3.8) is 0 Å². The molecule has 1 heterocycles. The number of nitrogens with zero attached hydrogens (tertiary/aromatic N) is 1. The average Bonchev–Trinajstić information content (AvgIpc) is 2.45. The van der Waals surface area contributed by atoms with Gasteiger partial charge in [-0.2, -0.15) is 4.31 Å². The number of hydrogen-bond donors (Lipinski definition) is 0. The van der Waals surface area contributed by atoms with E-state index in [0.29, 0.717) is 6.54 Å². The molecule has 1 aromatic carbocycles. The van der Waals surface area contributed by atoms with Gasteiger partial charge in [0, 0.05) is 18.8 Å². The summed E-state index contributed by atoms with van der Waals surface area (Å²) in [5.41, 5.74) is 2.11. The molecule has 0 aromatic heterocycles. The molecule has 124 valence electrons. The van der Waals surface area contributed by atoms with Crippen molar-refractivity contribution >= 4 is 19.9 Å². The fourth-order valence-corrected chi connectivity index (χ4v) is 6.04. The van der Waals surface area contributed by atoms with Crippen LogP contribution >= 0.6 is 0 Å². The summed E-state index contributed by atoms with van der Waals surface area (Å²) in [5.74, 6) is -0.666. The summed E-state index contributed by atoms with van der Waals surface area (Å²) in [6, 6.07) is 7.70. The molecule has 0 amide bonds. The summed E-state index contributed by atoms with van der Waals surface area (Å²) in [6.45, 7) is 2.45. The molecule has 1 fully saturated rings. The Bertz CT molecular complexity index is 708. The molecular formula is C15H23NO4S2. The molecular weight excluding hydrogens is 322 g/mol. The molecule has 0 unspecified atom stereocenters. The molecule has 2 rings (SSSR count). The van der Waals surface area contributed by atoms with Gasteiger partial charge in [0.05, 0.1) is 11.5 Å². The fraction of sp³-hybridized carbons (Fsp3) is 0.600. The summed E-state index contributed by atoms with van der Waals surface area (Å²) in [7, 11) is -6.86. The Hall–Kier alpha value is -0.920. The van der Waals surface area contributed by atoms with Crippen molar-refractivity contribution in [1.82, 2.24) is 4.31 Å². The highest BCUT2D eigenvalue weighted by Gasteiger charge is 2.33. The summed E-state index contributed by atoms with van der Waals surface area (Å²) in [4.78, 5) is 0. The molecule has 1 saturated heterocycles. The highest BCUT2D eigenvalue weighted by atomic mass is 32.2. The summed E-state index contributed by atoms with van der Waals surface area (Å²) < 4.78 is 49.1. The first-order valence-corrected chi connectivity index (χ1v) is 11.1. The summed E-state index contributed by atoms with van der Waals surface area (Å²) in [5, 5.41) is 0. The topological polar surface area (TPSA) is 71.5 Å². The first-order chi connectivity index (χ1) is 10.2. The molecule has 7 heteroatoms. The van der Waals surface area contributed by atoms with Gasteiger partial charge in [0.2, 0.25) is 10.0 Å². The number of piperidine rings is 1. The van der Waals surface area contributed by atoms with Gasteiger partial charge in [0.1, 0.15) is 9.84 Å². The maximum atomic E-state index is 12.5. The molecule has 1 aliphatic rings. The first-order valence-electron chi connectivity index (χ1n) is 7.43. The molecule has 0 bridgehead atoms. The number of sulfone groups is 1. The minimum atomic E-state index is -3.57. The second-order valence-corrected chi connectivity index (χ2v) is 10.3. The third-order valence-electron chi connectivity index (χ3n) is 3.99. The van der Waals surface area contributed by atoms with Crippen LogP contribution in [0.2, 0.25) is 0 Å². The van der Waals surface area contributed by atoms with E-state index >= 15 is 0 Å². The van der Waals surface area contributed by atoms with E-state index in [4.69, 9.17) is 0 Å². The quantitative estimate of drug-likeness (QED) is 0.817. The number of sulfonamides is 1. The predicted molar refractivity (Wildman–Crippen MR) is 88.0 cm³/mol. The SMILES string of the molecule is Cc1ccc([C@H]2CCCCN2S(=O)(=O)CCS(C)(=O)=O)cc1. The first kappa shape index (κ1) is 17.4. The van der Waals surface area contributed by atoms with E-state index in [-0.39, 0.29) is 17.5 Å². The standard InChI is InChI=1S/C15H23NO4S2/c1-13-6-8-14(9-7-13)15-5-3-4-10-16(15)22(19,20)12-11-21(2,17)18/h6-9,15H,3-5,10-12H2,1-2H3/t15-/m1/s1. The molecule has 0 radical (unpaired) electrons. The summed E-state index contributed by atoms with van der Waals surface area (Å²) in [6.07, 6.45) is 3.65. The van der Waals surface area contributed by atoms with Crippen molar-refractivity contribution < 1.29 is 16.8 Å². The minimum Gasteiger partial charge on any atom is -0.229 e. The van der Waals surface area contributed by atoms with Crippen molar-refractivity contribution in [2.24, 2.45) is 0 Å². The van der Waals surface area contributed by atoms with Crippen LogP contribution in [0.4, 0.5) is 0 Å². The normalized spacial score (nSPS) is 20.9. The number of hydrogen-bond acceptors (Lipinski definition) is 4. The van der Waals surface area contributed by atoms with Crippen molar-refractivity contribution in [3.8, 4) is 0 Å². The van der Waals surface area contributed by atoms with Crippen LogP contribution in [0.3, 0.4) is 0 Å². The van der Waals surface area contributed by atoms with Crippen molar-refractivity contribution in [1.29, 1.82) is 0 Å².